The number of anilines is 1. The number of hydrogen-bond donors (Lipinski definition) is 4. The number of fused-ring (bicyclic) bond motifs is 1. The van der Waals surface area contributed by atoms with Crippen LogP contribution in [0, 0.1) is 18.8 Å². The van der Waals surface area contributed by atoms with Crippen molar-refractivity contribution in [2.75, 3.05) is 45.1 Å². The topological polar surface area (TPSA) is 112 Å². The maximum absolute atomic E-state index is 6.53. The van der Waals surface area contributed by atoms with E-state index < -0.39 is 5.79 Å². The van der Waals surface area contributed by atoms with E-state index in [1.165, 1.54) is 0 Å². The molecule has 28 heavy (non-hydrogen) atoms. The number of aliphatic imine (C=N–C) groups is 1. The van der Waals surface area contributed by atoms with Gasteiger partial charge in [0.05, 0.1) is 12.9 Å². The molecule has 0 bridgehead atoms. The van der Waals surface area contributed by atoms with Gasteiger partial charge in [-0.15, -0.1) is 0 Å². The van der Waals surface area contributed by atoms with Crippen LogP contribution in [0.1, 0.15) is 22.4 Å². The first kappa shape index (κ1) is 18.5. The lowest BCUT2D eigenvalue weighted by molar-refractivity contribution is 0.168. The molecule has 8 heteroatoms. The van der Waals surface area contributed by atoms with Crippen LogP contribution in [0.4, 0.5) is 5.82 Å². The van der Waals surface area contributed by atoms with Gasteiger partial charge in [0.25, 0.3) is 0 Å². The molecule has 4 rings (SSSR count). The third-order valence-electron chi connectivity index (χ3n) is 5.27. The van der Waals surface area contributed by atoms with Crippen LogP contribution in [0.15, 0.2) is 29.5 Å². The van der Waals surface area contributed by atoms with E-state index in [0.29, 0.717) is 17.3 Å². The van der Waals surface area contributed by atoms with Crippen molar-refractivity contribution in [3.8, 4) is 11.8 Å². The zero-order chi connectivity index (χ0) is 19.7. The lowest BCUT2D eigenvalue weighted by atomic mass is 9.99. The van der Waals surface area contributed by atoms with Gasteiger partial charge < -0.3 is 20.9 Å². The SMILES string of the molecule is Cc1cc(C#CCN2CCN(C)CC2)ccc1C1(N)N=C(N)c2[nH]cnc2N1. The summed E-state index contributed by atoms with van der Waals surface area (Å²) < 4.78 is 0. The first-order chi connectivity index (χ1) is 13.4. The van der Waals surface area contributed by atoms with Crippen LogP contribution >= 0.6 is 0 Å². The number of likely N-dealkylation sites (N-methyl/N-ethyl adjacent to an activating group) is 1. The Labute approximate surface area is 165 Å². The highest BCUT2D eigenvalue weighted by molar-refractivity contribution is 6.01. The van der Waals surface area contributed by atoms with Crippen LogP contribution in [0.25, 0.3) is 0 Å². The molecule has 0 aliphatic carbocycles. The average Bonchev–Trinajstić information content (AvgIpc) is 3.12. The van der Waals surface area contributed by atoms with E-state index in [9.17, 15) is 0 Å². The summed E-state index contributed by atoms with van der Waals surface area (Å²) >= 11 is 0. The summed E-state index contributed by atoms with van der Waals surface area (Å²) in [6.07, 6.45) is 1.57. The summed E-state index contributed by atoms with van der Waals surface area (Å²) in [7, 11) is 2.16. The van der Waals surface area contributed by atoms with E-state index in [-0.39, 0.29) is 0 Å². The van der Waals surface area contributed by atoms with Crippen LogP contribution in [0.5, 0.6) is 0 Å². The number of aromatic amines is 1. The maximum atomic E-state index is 6.53. The van der Waals surface area contributed by atoms with Crippen molar-refractivity contribution in [3.05, 3.63) is 46.9 Å². The first-order valence-electron chi connectivity index (χ1n) is 9.41. The number of nitrogens with one attached hydrogen (secondary N) is 2. The molecule has 1 aromatic heterocycles. The van der Waals surface area contributed by atoms with E-state index in [4.69, 9.17) is 11.5 Å². The van der Waals surface area contributed by atoms with Crippen molar-refractivity contribution in [2.24, 2.45) is 16.5 Å². The lowest BCUT2D eigenvalue weighted by Gasteiger charge is -2.32. The molecule has 2 aliphatic rings. The van der Waals surface area contributed by atoms with Gasteiger partial charge in [0.2, 0.25) is 5.79 Å². The summed E-state index contributed by atoms with van der Waals surface area (Å²) in [5.41, 5.74) is 16.0. The monoisotopic (exact) mass is 378 g/mol. The van der Waals surface area contributed by atoms with E-state index in [1.807, 2.05) is 25.1 Å². The molecule has 3 heterocycles. The van der Waals surface area contributed by atoms with E-state index in [0.717, 1.165) is 49.4 Å². The third-order valence-corrected chi connectivity index (χ3v) is 5.27. The Morgan fingerprint density at radius 3 is 2.79 bits per heavy atom. The predicted octanol–water partition coefficient (Wildman–Crippen LogP) is 0.217. The lowest BCUT2D eigenvalue weighted by Crippen LogP contribution is -2.48. The Kier molecular flexibility index (Phi) is 4.81. The van der Waals surface area contributed by atoms with Crippen LogP contribution in [0.3, 0.4) is 0 Å². The van der Waals surface area contributed by atoms with Gasteiger partial charge in [-0.2, -0.15) is 0 Å². The fourth-order valence-corrected chi connectivity index (χ4v) is 3.59. The van der Waals surface area contributed by atoms with E-state index in [2.05, 4.69) is 49.0 Å². The Morgan fingerprint density at radius 2 is 2.04 bits per heavy atom. The second-order valence-corrected chi connectivity index (χ2v) is 7.43. The molecule has 1 aromatic carbocycles. The van der Waals surface area contributed by atoms with Crippen LogP contribution < -0.4 is 16.8 Å². The van der Waals surface area contributed by atoms with Gasteiger partial charge in [-0.1, -0.05) is 17.9 Å². The third kappa shape index (κ3) is 3.60. The highest BCUT2D eigenvalue weighted by Crippen LogP contribution is 2.30. The molecule has 0 radical (unpaired) electrons. The van der Waals surface area contributed by atoms with Crippen LogP contribution in [0.2, 0.25) is 0 Å². The van der Waals surface area contributed by atoms with Crippen LogP contribution in [-0.4, -0.2) is 65.4 Å². The number of rotatable bonds is 2. The Hall–Kier alpha value is -2.86. The number of imidazole rings is 1. The van der Waals surface area contributed by atoms with Gasteiger partial charge in [0.15, 0.2) is 11.7 Å². The molecule has 1 saturated heterocycles. The van der Waals surface area contributed by atoms with Crippen molar-refractivity contribution in [1.82, 2.24) is 19.8 Å². The molecule has 2 aromatic rings. The highest BCUT2D eigenvalue weighted by Gasteiger charge is 2.34. The molecule has 1 atom stereocenters. The maximum Gasteiger partial charge on any atom is 0.212 e. The molecule has 146 valence electrons. The summed E-state index contributed by atoms with van der Waals surface area (Å²) in [6.45, 7) is 7.13. The smallest absolute Gasteiger partial charge is 0.212 e. The average molecular weight is 378 g/mol. The van der Waals surface area contributed by atoms with Gasteiger partial charge >= 0.3 is 0 Å². The Morgan fingerprint density at radius 1 is 1.25 bits per heavy atom. The molecule has 0 saturated carbocycles. The molecule has 2 aliphatic heterocycles. The van der Waals surface area contributed by atoms with E-state index in [1.54, 1.807) is 6.33 Å². The second kappa shape index (κ2) is 7.28. The van der Waals surface area contributed by atoms with Gasteiger partial charge in [-0.25, -0.2) is 9.98 Å². The van der Waals surface area contributed by atoms with Crippen LogP contribution in [-0.2, 0) is 5.79 Å². The van der Waals surface area contributed by atoms with Crippen molar-refractivity contribution >= 4 is 11.7 Å². The zero-order valence-corrected chi connectivity index (χ0v) is 16.3. The molecular formula is C20H26N8. The first-order valence-corrected chi connectivity index (χ1v) is 9.41. The van der Waals surface area contributed by atoms with Crippen molar-refractivity contribution in [1.29, 1.82) is 0 Å². The number of nitrogens with two attached hydrogens (primary N) is 2. The van der Waals surface area contributed by atoms with Gasteiger partial charge in [-0.05, 0) is 31.7 Å². The second-order valence-electron chi connectivity index (χ2n) is 7.43. The number of hydrogen-bond acceptors (Lipinski definition) is 7. The van der Waals surface area contributed by atoms with Crippen molar-refractivity contribution in [2.45, 2.75) is 12.7 Å². The van der Waals surface area contributed by atoms with Crippen molar-refractivity contribution < 1.29 is 0 Å². The highest BCUT2D eigenvalue weighted by atomic mass is 15.3. The largest absolute Gasteiger partial charge is 0.382 e. The molecule has 1 fully saturated rings. The molecule has 8 nitrogen and oxygen atoms in total. The molecular weight excluding hydrogens is 352 g/mol. The summed E-state index contributed by atoms with van der Waals surface area (Å²) in [5, 5.41) is 3.17. The Bertz CT molecular complexity index is 958. The minimum absolute atomic E-state index is 0.337. The van der Waals surface area contributed by atoms with E-state index >= 15 is 0 Å². The number of aryl methyl sites for hydroxylation is 1. The minimum atomic E-state index is -1.15. The fourth-order valence-electron chi connectivity index (χ4n) is 3.59. The van der Waals surface area contributed by atoms with Gasteiger partial charge in [-0.3, -0.25) is 10.6 Å². The summed E-state index contributed by atoms with van der Waals surface area (Å²) in [4.78, 5) is 16.4. The number of piperazine rings is 1. The summed E-state index contributed by atoms with van der Waals surface area (Å²) in [6, 6.07) is 5.96. The number of aromatic nitrogens is 2. The fraction of sp³-hybridized carbons (Fsp3) is 0.400. The molecule has 0 spiro atoms. The Balaban J connectivity index is 1.50. The number of nitrogens with zero attached hydrogens (tertiary/aromatic N) is 4. The minimum Gasteiger partial charge on any atom is -0.382 e. The molecule has 6 N–H and O–H groups in total. The number of H-pyrrole nitrogens is 1. The quantitative estimate of drug-likeness (QED) is 0.556. The molecule has 0 amide bonds. The van der Waals surface area contributed by atoms with Crippen molar-refractivity contribution in [3.63, 3.8) is 0 Å². The van der Waals surface area contributed by atoms with Gasteiger partial charge in [0.1, 0.15) is 5.69 Å². The predicted molar refractivity (Wildman–Crippen MR) is 111 cm³/mol. The van der Waals surface area contributed by atoms with Gasteiger partial charge in [0, 0.05) is 37.3 Å². The standard InChI is InChI=1S/C20H26N8/c1-14-12-15(4-3-7-28-10-8-27(2)9-11-28)5-6-16(14)20(22)25-18(21)17-19(26-20)24-13-23-17/h5-6,12-13,26H,7-11,22H2,1-2H3,(H2,21,25)(H,23,24). The zero-order valence-electron chi connectivity index (χ0n) is 16.3. The number of benzene rings is 1. The normalized spacial score (nSPS) is 22.6. The summed E-state index contributed by atoms with van der Waals surface area (Å²) in [5.74, 6) is 6.34. The number of amidine groups is 1. The molecule has 1 unspecified atom stereocenters.